The van der Waals surface area contributed by atoms with E-state index in [-0.39, 0.29) is 0 Å². The molecule has 0 fully saturated rings. The van der Waals surface area contributed by atoms with Crippen LogP contribution in [0, 0.1) is 0 Å². The molecule has 1 rings (SSSR count). The summed E-state index contributed by atoms with van der Waals surface area (Å²) >= 11 is 1.49. The molecule has 0 radical (unpaired) electrons. The first-order valence-electron chi connectivity index (χ1n) is 6.77. The lowest BCUT2D eigenvalue weighted by atomic mass is 10.2. The molecular weight excluding hydrogens is 280 g/mol. The zero-order chi connectivity index (χ0) is 14.3. The van der Waals surface area contributed by atoms with Crippen LogP contribution < -0.4 is 5.32 Å². The summed E-state index contributed by atoms with van der Waals surface area (Å²) in [5.41, 5.74) is 0. The Labute approximate surface area is 120 Å². The van der Waals surface area contributed by atoms with E-state index >= 15 is 0 Å². The Balaban J connectivity index is 2.78. The average molecular weight is 304 g/mol. The number of sulfonamides is 1. The molecule has 110 valence electrons. The number of hydrogen-bond acceptors (Lipinski definition) is 4. The lowest BCUT2D eigenvalue weighted by molar-refractivity contribution is 0.453. The topological polar surface area (TPSA) is 49.4 Å². The molecule has 19 heavy (non-hydrogen) atoms. The second-order valence-corrected chi connectivity index (χ2v) is 7.54. The second-order valence-electron chi connectivity index (χ2n) is 4.52. The van der Waals surface area contributed by atoms with Crippen molar-refractivity contribution in [2.24, 2.45) is 0 Å². The van der Waals surface area contributed by atoms with Gasteiger partial charge in [-0.1, -0.05) is 26.7 Å². The predicted octanol–water partition coefficient (Wildman–Crippen LogP) is 2.67. The number of rotatable bonds is 9. The maximum Gasteiger partial charge on any atom is 0.243 e. The zero-order valence-corrected chi connectivity index (χ0v) is 13.6. The maximum absolute atomic E-state index is 12.5. The number of hydrogen-bond donors (Lipinski definition) is 1. The van der Waals surface area contributed by atoms with Crippen molar-refractivity contribution in [2.45, 2.75) is 44.6 Å². The van der Waals surface area contributed by atoms with Gasteiger partial charge in [0.05, 0.1) is 4.90 Å². The van der Waals surface area contributed by atoms with E-state index in [1.165, 1.54) is 15.6 Å². The number of nitrogens with zero attached hydrogens (tertiary/aromatic N) is 1. The third kappa shape index (κ3) is 4.56. The lowest BCUT2D eigenvalue weighted by Crippen LogP contribution is -2.28. The Bertz CT molecular complexity index is 469. The minimum absolute atomic E-state index is 0.456. The van der Waals surface area contributed by atoms with E-state index in [1.54, 1.807) is 13.1 Å². The number of thiophene rings is 1. The predicted molar refractivity (Wildman–Crippen MR) is 81.0 cm³/mol. The van der Waals surface area contributed by atoms with Gasteiger partial charge in [0.2, 0.25) is 10.0 Å². The summed E-state index contributed by atoms with van der Waals surface area (Å²) < 4.78 is 26.4. The van der Waals surface area contributed by atoms with Crippen molar-refractivity contribution in [1.29, 1.82) is 0 Å². The molecule has 0 aromatic carbocycles. The molecule has 1 aromatic rings. The van der Waals surface area contributed by atoms with Gasteiger partial charge in [-0.2, -0.15) is 0 Å². The molecule has 0 unspecified atom stereocenters. The van der Waals surface area contributed by atoms with Crippen molar-refractivity contribution < 1.29 is 8.42 Å². The summed E-state index contributed by atoms with van der Waals surface area (Å²) in [7, 11) is -1.67. The summed E-state index contributed by atoms with van der Waals surface area (Å²) in [4.78, 5) is 1.35. The van der Waals surface area contributed by atoms with Crippen LogP contribution in [0.3, 0.4) is 0 Å². The molecule has 1 N–H and O–H groups in total. The van der Waals surface area contributed by atoms with Gasteiger partial charge in [-0.15, -0.1) is 11.3 Å². The van der Waals surface area contributed by atoms with Crippen LogP contribution in [0.2, 0.25) is 0 Å². The van der Waals surface area contributed by atoms with Crippen LogP contribution in [0.4, 0.5) is 0 Å². The van der Waals surface area contributed by atoms with E-state index in [2.05, 4.69) is 12.2 Å². The van der Waals surface area contributed by atoms with Gasteiger partial charge in [-0.25, -0.2) is 12.7 Å². The van der Waals surface area contributed by atoms with E-state index in [4.69, 9.17) is 0 Å². The van der Waals surface area contributed by atoms with Crippen molar-refractivity contribution in [1.82, 2.24) is 9.62 Å². The van der Waals surface area contributed by atoms with E-state index in [0.717, 1.165) is 30.7 Å². The normalized spacial score (nSPS) is 12.2. The first-order valence-corrected chi connectivity index (χ1v) is 9.09. The summed E-state index contributed by atoms with van der Waals surface area (Å²) in [5.74, 6) is 0. The molecule has 0 amide bonds. The van der Waals surface area contributed by atoms with E-state index < -0.39 is 10.0 Å². The highest BCUT2D eigenvalue weighted by Gasteiger charge is 2.24. The van der Waals surface area contributed by atoms with Crippen LogP contribution in [-0.2, 0) is 16.6 Å². The largest absolute Gasteiger partial charge is 0.312 e. The molecule has 6 heteroatoms. The second kappa shape index (κ2) is 7.99. The Morgan fingerprint density at radius 3 is 2.68 bits per heavy atom. The fourth-order valence-electron chi connectivity index (χ4n) is 1.80. The van der Waals surface area contributed by atoms with Crippen LogP contribution in [0.15, 0.2) is 16.3 Å². The van der Waals surface area contributed by atoms with Crippen LogP contribution >= 0.6 is 11.3 Å². The minimum Gasteiger partial charge on any atom is -0.312 e. The highest BCUT2D eigenvalue weighted by atomic mass is 32.2. The van der Waals surface area contributed by atoms with Crippen molar-refractivity contribution in [3.63, 3.8) is 0 Å². The lowest BCUT2D eigenvalue weighted by Gasteiger charge is -2.17. The number of nitrogens with one attached hydrogen (secondary N) is 1. The SMILES string of the molecule is CCCCCN(C)S(=O)(=O)c1ccsc1CNCC. The van der Waals surface area contributed by atoms with Crippen molar-refractivity contribution in [3.05, 3.63) is 16.3 Å². The van der Waals surface area contributed by atoms with Gasteiger partial charge in [0.25, 0.3) is 0 Å². The van der Waals surface area contributed by atoms with Crippen molar-refractivity contribution in [3.8, 4) is 0 Å². The highest BCUT2D eigenvalue weighted by Crippen LogP contribution is 2.24. The fourth-order valence-corrected chi connectivity index (χ4v) is 4.39. The van der Waals surface area contributed by atoms with Crippen LogP contribution in [0.25, 0.3) is 0 Å². The van der Waals surface area contributed by atoms with Crippen LogP contribution in [0.1, 0.15) is 38.0 Å². The molecule has 1 heterocycles. The first kappa shape index (κ1) is 16.6. The third-order valence-corrected chi connectivity index (χ3v) is 6.00. The van der Waals surface area contributed by atoms with Gasteiger partial charge in [0.1, 0.15) is 0 Å². The van der Waals surface area contributed by atoms with Gasteiger partial charge in [-0.05, 0) is 24.4 Å². The molecule has 0 atom stereocenters. The summed E-state index contributed by atoms with van der Waals surface area (Å²) in [6.45, 7) is 6.17. The van der Waals surface area contributed by atoms with Crippen molar-refractivity contribution >= 4 is 21.4 Å². The molecule has 4 nitrogen and oxygen atoms in total. The van der Waals surface area contributed by atoms with Gasteiger partial charge in [0, 0.05) is 25.0 Å². The zero-order valence-electron chi connectivity index (χ0n) is 12.0. The Morgan fingerprint density at radius 2 is 2.05 bits per heavy atom. The molecule has 0 aliphatic heterocycles. The molecule has 0 saturated heterocycles. The van der Waals surface area contributed by atoms with Crippen LogP contribution in [0.5, 0.6) is 0 Å². The average Bonchev–Trinajstić information content (AvgIpc) is 2.85. The Morgan fingerprint density at radius 1 is 1.32 bits per heavy atom. The summed E-state index contributed by atoms with van der Waals surface area (Å²) in [6.07, 6.45) is 3.07. The molecule has 0 aliphatic carbocycles. The van der Waals surface area contributed by atoms with Crippen molar-refractivity contribution in [2.75, 3.05) is 20.1 Å². The minimum atomic E-state index is -3.33. The van der Waals surface area contributed by atoms with Gasteiger partial charge in [0.15, 0.2) is 0 Å². The van der Waals surface area contributed by atoms with Gasteiger partial charge in [-0.3, -0.25) is 0 Å². The van der Waals surface area contributed by atoms with E-state index in [1.807, 2.05) is 12.3 Å². The van der Waals surface area contributed by atoms with Gasteiger partial charge < -0.3 is 5.32 Å². The summed E-state index contributed by atoms with van der Waals surface area (Å²) in [5, 5.41) is 5.03. The quantitative estimate of drug-likeness (QED) is 0.714. The standard InChI is InChI=1S/C13H24N2O2S2/c1-4-6-7-9-15(3)19(16,17)13-8-10-18-12(13)11-14-5-2/h8,10,14H,4-7,9,11H2,1-3H3. The molecule has 0 bridgehead atoms. The van der Waals surface area contributed by atoms with E-state index in [0.29, 0.717) is 18.0 Å². The van der Waals surface area contributed by atoms with Crippen LogP contribution in [-0.4, -0.2) is 32.9 Å². The number of unbranched alkanes of at least 4 members (excludes halogenated alkanes) is 2. The molecular formula is C13H24N2O2S2. The Kier molecular flexibility index (Phi) is 6.99. The third-order valence-electron chi connectivity index (χ3n) is 3.00. The highest BCUT2D eigenvalue weighted by molar-refractivity contribution is 7.89. The van der Waals surface area contributed by atoms with Gasteiger partial charge >= 0.3 is 0 Å². The summed E-state index contributed by atoms with van der Waals surface area (Å²) in [6, 6.07) is 1.71. The molecule has 0 saturated carbocycles. The smallest absolute Gasteiger partial charge is 0.243 e. The molecule has 0 spiro atoms. The first-order chi connectivity index (χ1) is 9.04. The Hall–Kier alpha value is -0.430. The maximum atomic E-state index is 12.5. The van der Waals surface area contributed by atoms with E-state index in [9.17, 15) is 8.42 Å². The molecule has 1 aromatic heterocycles. The molecule has 0 aliphatic rings. The monoisotopic (exact) mass is 304 g/mol. The fraction of sp³-hybridized carbons (Fsp3) is 0.692.